The van der Waals surface area contributed by atoms with Gasteiger partial charge in [0.1, 0.15) is 12.3 Å². The number of nitrogens with zero attached hydrogens (tertiary/aromatic N) is 2. The lowest BCUT2D eigenvalue weighted by Crippen LogP contribution is -2.49. The lowest BCUT2D eigenvalue weighted by atomic mass is 9.98. The standard InChI is InChI=1S/C21H26N2O6/c1-3-17(24)14-7-8-18-16(10-14)23(20(26)13-29-18)12-19(25)22-9-5-6-15(11-22)21(27)28-4-2/h7-8,10,15H,3-6,9,11-13H2,1-2H3. The number of ketones is 1. The zero-order valence-electron chi connectivity index (χ0n) is 16.8. The number of piperidine rings is 1. The Morgan fingerprint density at radius 2 is 2.03 bits per heavy atom. The smallest absolute Gasteiger partial charge is 0.310 e. The fraction of sp³-hybridized carbons (Fsp3) is 0.524. The van der Waals surface area contributed by atoms with Gasteiger partial charge in [0.15, 0.2) is 12.4 Å². The van der Waals surface area contributed by atoms with Crippen molar-refractivity contribution in [2.45, 2.75) is 33.1 Å². The Balaban J connectivity index is 1.75. The first-order chi connectivity index (χ1) is 13.9. The number of Topliss-reactive ketones (excluding diaryl/α,β-unsaturated/α-hetero) is 1. The summed E-state index contributed by atoms with van der Waals surface area (Å²) in [6.07, 6.45) is 1.73. The molecule has 156 valence electrons. The van der Waals surface area contributed by atoms with Crippen LogP contribution in [0.3, 0.4) is 0 Å². The van der Waals surface area contributed by atoms with Crippen molar-refractivity contribution in [2.75, 3.05) is 37.7 Å². The summed E-state index contributed by atoms with van der Waals surface area (Å²) in [5.74, 6) is -0.800. The molecular weight excluding hydrogens is 376 g/mol. The number of amides is 2. The van der Waals surface area contributed by atoms with Gasteiger partial charge in [-0.25, -0.2) is 0 Å². The second-order valence-corrected chi connectivity index (χ2v) is 7.16. The van der Waals surface area contributed by atoms with Gasteiger partial charge in [-0.2, -0.15) is 0 Å². The van der Waals surface area contributed by atoms with E-state index in [1.54, 1.807) is 36.9 Å². The second-order valence-electron chi connectivity index (χ2n) is 7.16. The molecule has 0 radical (unpaired) electrons. The summed E-state index contributed by atoms with van der Waals surface area (Å²) in [7, 11) is 0. The van der Waals surface area contributed by atoms with Crippen molar-refractivity contribution in [1.29, 1.82) is 0 Å². The van der Waals surface area contributed by atoms with Crippen LogP contribution in [0, 0.1) is 5.92 Å². The summed E-state index contributed by atoms with van der Waals surface area (Å²) < 4.78 is 10.5. The number of esters is 1. The minimum Gasteiger partial charge on any atom is -0.482 e. The zero-order valence-corrected chi connectivity index (χ0v) is 16.8. The van der Waals surface area contributed by atoms with E-state index < -0.39 is 0 Å². The van der Waals surface area contributed by atoms with Gasteiger partial charge in [0.25, 0.3) is 5.91 Å². The molecule has 3 rings (SSSR count). The highest BCUT2D eigenvalue weighted by Crippen LogP contribution is 2.33. The zero-order chi connectivity index (χ0) is 21.0. The Bertz CT molecular complexity index is 821. The molecule has 2 amide bonds. The number of ether oxygens (including phenoxy) is 2. The van der Waals surface area contributed by atoms with Crippen LogP contribution >= 0.6 is 0 Å². The minimum atomic E-state index is -0.342. The molecule has 1 saturated heterocycles. The predicted molar refractivity (Wildman–Crippen MR) is 105 cm³/mol. The van der Waals surface area contributed by atoms with Crippen LogP contribution in [0.4, 0.5) is 5.69 Å². The Hall–Kier alpha value is -2.90. The minimum absolute atomic E-state index is 0.0505. The summed E-state index contributed by atoms with van der Waals surface area (Å²) in [4.78, 5) is 52.4. The van der Waals surface area contributed by atoms with E-state index in [-0.39, 0.29) is 49.2 Å². The van der Waals surface area contributed by atoms with Gasteiger partial charge in [0.2, 0.25) is 5.91 Å². The summed E-state index contributed by atoms with van der Waals surface area (Å²) in [6, 6.07) is 4.91. The van der Waals surface area contributed by atoms with Crippen LogP contribution in [0.5, 0.6) is 5.75 Å². The summed E-state index contributed by atoms with van der Waals surface area (Å²) in [5.41, 5.74) is 0.898. The maximum absolute atomic E-state index is 12.9. The lowest BCUT2D eigenvalue weighted by molar-refractivity contribution is -0.151. The highest BCUT2D eigenvalue weighted by Gasteiger charge is 2.33. The summed E-state index contributed by atoms with van der Waals surface area (Å²) in [6.45, 7) is 4.33. The van der Waals surface area contributed by atoms with E-state index in [0.29, 0.717) is 49.4 Å². The van der Waals surface area contributed by atoms with Crippen molar-refractivity contribution in [3.8, 4) is 5.75 Å². The molecule has 29 heavy (non-hydrogen) atoms. The third-order valence-electron chi connectivity index (χ3n) is 5.23. The van der Waals surface area contributed by atoms with E-state index in [4.69, 9.17) is 9.47 Å². The maximum Gasteiger partial charge on any atom is 0.310 e. The number of hydrogen-bond acceptors (Lipinski definition) is 6. The molecule has 1 atom stereocenters. The average molecular weight is 402 g/mol. The third kappa shape index (κ3) is 4.58. The Morgan fingerprint density at radius 3 is 2.76 bits per heavy atom. The molecule has 1 aromatic rings. The van der Waals surface area contributed by atoms with Gasteiger partial charge in [0, 0.05) is 25.1 Å². The third-order valence-corrected chi connectivity index (χ3v) is 5.23. The molecule has 1 fully saturated rings. The Kier molecular flexibility index (Phi) is 6.51. The summed E-state index contributed by atoms with van der Waals surface area (Å²) in [5, 5.41) is 0. The number of anilines is 1. The number of carbonyl (C=O) groups excluding carboxylic acids is 4. The molecule has 0 spiro atoms. The molecule has 8 heteroatoms. The van der Waals surface area contributed by atoms with Crippen LogP contribution in [0.15, 0.2) is 18.2 Å². The number of hydrogen-bond donors (Lipinski definition) is 0. The van der Waals surface area contributed by atoms with E-state index in [1.165, 1.54) is 4.90 Å². The highest BCUT2D eigenvalue weighted by atomic mass is 16.5. The van der Waals surface area contributed by atoms with Crippen molar-refractivity contribution in [1.82, 2.24) is 4.90 Å². The molecule has 2 aliphatic heterocycles. The predicted octanol–water partition coefficient (Wildman–Crippen LogP) is 1.81. The van der Waals surface area contributed by atoms with E-state index in [2.05, 4.69) is 0 Å². The van der Waals surface area contributed by atoms with Crippen LogP contribution < -0.4 is 9.64 Å². The molecule has 1 aromatic carbocycles. The molecular formula is C21H26N2O6. The first-order valence-corrected chi connectivity index (χ1v) is 9.99. The van der Waals surface area contributed by atoms with E-state index >= 15 is 0 Å². The molecule has 2 heterocycles. The molecule has 0 N–H and O–H groups in total. The largest absolute Gasteiger partial charge is 0.482 e. The highest BCUT2D eigenvalue weighted by molar-refractivity contribution is 6.04. The number of likely N-dealkylation sites (tertiary alicyclic amines) is 1. The first-order valence-electron chi connectivity index (χ1n) is 9.99. The number of rotatable bonds is 6. The van der Waals surface area contributed by atoms with Crippen LogP contribution in [0.2, 0.25) is 0 Å². The van der Waals surface area contributed by atoms with Gasteiger partial charge in [-0.05, 0) is 38.0 Å². The van der Waals surface area contributed by atoms with Crippen molar-refractivity contribution < 1.29 is 28.7 Å². The van der Waals surface area contributed by atoms with Crippen LogP contribution in [-0.2, 0) is 19.1 Å². The van der Waals surface area contributed by atoms with Gasteiger partial charge in [-0.15, -0.1) is 0 Å². The fourth-order valence-electron chi connectivity index (χ4n) is 3.64. The average Bonchev–Trinajstić information content (AvgIpc) is 2.75. The Labute approximate surface area is 169 Å². The van der Waals surface area contributed by atoms with Crippen LogP contribution in [0.25, 0.3) is 0 Å². The van der Waals surface area contributed by atoms with Crippen molar-refractivity contribution in [3.05, 3.63) is 23.8 Å². The van der Waals surface area contributed by atoms with Gasteiger partial charge >= 0.3 is 5.97 Å². The first kappa shape index (κ1) is 20.8. The number of carbonyl (C=O) groups is 4. The van der Waals surface area contributed by atoms with E-state index in [0.717, 1.165) is 0 Å². The maximum atomic E-state index is 12.9. The number of benzene rings is 1. The molecule has 8 nitrogen and oxygen atoms in total. The molecule has 0 aliphatic carbocycles. The monoisotopic (exact) mass is 402 g/mol. The topological polar surface area (TPSA) is 93.2 Å². The van der Waals surface area contributed by atoms with Gasteiger partial charge in [-0.1, -0.05) is 6.92 Å². The normalized spacial score (nSPS) is 18.7. The van der Waals surface area contributed by atoms with Crippen molar-refractivity contribution >= 4 is 29.3 Å². The Morgan fingerprint density at radius 1 is 1.24 bits per heavy atom. The molecule has 1 unspecified atom stereocenters. The van der Waals surface area contributed by atoms with Gasteiger partial charge < -0.3 is 14.4 Å². The van der Waals surface area contributed by atoms with E-state index in [9.17, 15) is 19.2 Å². The molecule has 0 saturated carbocycles. The summed E-state index contributed by atoms with van der Waals surface area (Å²) >= 11 is 0. The van der Waals surface area contributed by atoms with Crippen LogP contribution in [0.1, 0.15) is 43.5 Å². The lowest BCUT2D eigenvalue weighted by Gasteiger charge is -2.34. The van der Waals surface area contributed by atoms with E-state index in [1.807, 2.05) is 0 Å². The molecule has 0 aromatic heterocycles. The van der Waals surface area contributed by atoms with Gasteiger partial charge in [-0.3, -0.25) is 24.1 Å². The van der Waals surface area contributed by atoms with Crippen molar-refractivity contribution in [2.24, 2.45) is 5.92 Å². The molecule has 2 aliphatic rings. The van der Waals surface area contributed by atoms with Gasteiger partial charge in [0.05, 0.1) is 18.2 Å². The number of fused-ring (bicyclic) bond motifs is 1. The fourth-order valence-corrected chi connectivity index (χ4v) is 3.64. The van der Waals surface area contributed by atoms with Crippen LogP contribution in [-0.4, -0.2) is 61.3 Å². The SMILES string of the molecule is CCOC(=O)C1CCCN(C(=O)CN2C(=O)COc3ccc(C(=O)CC)cc32)C1. The molecule has 0 bridgehead atoms. The van der Waals surface area contributed by atoms with Crippen molar-refractivity contribution in [3.63, 3.8) is 0 Å². The quantitative estimate of drug-likeness (QED) is 0.532. The second kappa shape index (κ2) is 9.07.